The van der Waals surface area contributed by atoms with E-state index in [9.17, 15) is 8.42 Å². The van der Waals surface area contributed by atoms with Crippen LogP contribution in [0.1, 0.15) is 31.6 Å². The summed E-state index contributed by atoms with van der Waals surface area (Å²) in [6.45, 7) is 3.32. The number of sulfonamides is 1. The molecule has 0 aromatic carbocycles. The fourth-order valence-electron chi connectivity index (χ4n) is 2.02. The highest BCUT2D eigenvalue weighted by Gasteiger charge is 2.28. The number of imidazole rings is 1. The fraction of sp³-hybridized carbons (Fsp3) is 0.700. The molecule has 0 radical (unpaired) electrons. The van der Waals surface area contributed by atoms with Gasteiger partial charge < -0.3 is 10.3 Å². The van der Waals surface area contributed by atoms with Gasteiger partial charge >= 0.3 is 0 Å². The second-order valence-corrected chi connectivity index (χ2v) is 6.30. The molecule has 96 valence electrons. The van der Waals surface area contributed by atoms with Gasteiger partial charge in [-0.3, -0.25) is 0 Å². The summed E-state index contributed by atoms with van der Waals surface area (Å²) in [6.07, 6.45) is 4.63. The van der Waals surface area contributed by atoms with Crippen LogP contribution in [0.4, 0.5) is 0 Å². The summed E-state index contributed by atoms with van der Waals surface area (Å²) < 4.78 is 26.9. The van der Waals surface area contributed by atoms with Gasteiger partial charge in [-0.2, -0.15) is 0 Å². The van der Waals surface area contributed by atoms with Gasteiger partial charge in [0.05, 0.1) is 11.3 Å². The third-order valence-electron chi connectivity index (χ3n) is 3.00. The maximum Gasteiger partial charge on any atom is 0.215 e. The van der Waals surface area contributed by atoms with Crippen LogP contribution < -0.4 is 10.0 Å². The number of H-pyrrole nitrogens is 1. The quantitative estimate of drug-likeness (QED) is 0.717. The smallest absolute Gasteiger partial charge is 0.215 e. The van der Waals surface area contributed by atoms with E-state index in [4.69, 9.17) is 0 Å². The van der Waals surface area contributed by atoms with Crippen molar-refractivity contribution in [3.63, 3.8) is 0 Å². The van der Waals surface area contributed by atoms with Crippen LogP contribution in [0, 0.1) is 0 Å². The molecular weight excluding hydrogens is 240 g/mol. The molecule has 0 amide bonds. The lowest BCUT2D eigenvalue weighted by molar-refractivity contribution is 0.482. The van der Waals surface area contributed by atoms with Crippen molar-refractivity contribution in [1.82, 2.24) is 20.0 Å². The van der Waals surface area contributed by atoms with Gasteiger partial charge in [-0.05, 0) is 32.9 Å². The maximum absolute atomic E-state index is 12.1. The number of aromatic amines is 1. The zero-order valence-electron chi connectivity index (χ0n) is 9.81. The third kappa shape index (κ3) is 3.05. The normalized spacial score (nSPS) is 20.3. The number of hydrogen-bond acceptors (Lipinski definition) is 4. The van der Waals surface area contributed by atoms with Crippen LogP contribution in [0.15, 0.2) is 12.4 Å². The number of rotatable bonds is 4. The van der Waals surface area contributed by atoms with E-state index in [1.807, 2.05) is 0 Å². The molecule has 17 heavy (non-hydrogen) atoms. The van der Waals surface area contributed by atoms with Crippen LogP contribution in [0.25, 0.3) is 0 Å². The van der Waals surface area contributed by atoms with Crippen LogP contribution in [0.5, 0.6) is 0 Å². The van der Waals surface area contributed by atoms with E-state index in [-0.39, 0.29) is 11.3 Å². The molecule has 0 bridgehead atoms. The second kappa shape index (κ2) is 5.16. The Labute approximate surface area is 101 Å². The molecule has 1 unspecified atom stereocenters. The van der Waals surface area contributed by atoms with Crippen LogP contribution in [0.3, 0.4) is 0 Å². The standard InChI is InChI=1S/C10H18N4O2S/c1-8(10-12-6-7-13-10)14-17(15,16)9-2-4-11-5-3-9/h6-9,11,14H,2-5H2,1H3,(H,12,13). The molecular formula is C10H18N4O2S. The molecule has 3 N–H and O–H groups in total. The minimum atomic E-state index is -3.26. The number of nitrogens with zero attached hydrogens (tertiary/aromatic N) is 1. The zero-order chi connectivity index (χ0) is 12.3. The molecule has 1 aromatic heterocycles. The largest absolute Gasteiger partial charge is 0.347 e. The predicted octanol–water partition coefficient (Wildman–Crippen LogP) is 0.142. The maximum atomic E-state index is 12.1. The Morgan fingerprint density at radius 1 is 1.47 bits per heavy atom. The lowest BCUT2D eigenvalue weighted by Crippen LogP contribution is -2.42. The van der Waals surface area contributed by atoms with Crippen LogP contribution in [-0.4, -0.2) is 36.7 Å². The first-order chi connectivity index (χ1) is 8.09. The monoisotopic (exact) mass is 258 g/mol. The Kier molecular flexibility index (Phi) is 3.80. The molecule has 2 rings (SSSR count). The van der Waals surface area contributed by atoms with Gasteiger partial charge in [0.2, 0.25) is 10.0 Å². The predicted molar refractivity (Wildman–Crippen MR) is 64.9 cm³/mol. The summed E-state index contributed by atoms with van der Waals surface area (Å²) in [5.41, 5.74) is 0. The molecule has 1 aromatic rings. The van der Waals surface area contributed by atoms with Crippen molar-refractivity contribution in [2.45, 2.75) is 31.1 Å². The number of piperidine rings is 1. The highest BCUT2D eigenvalue weighted by molar-refractivity contribution is 7.90. The minimum Gasteiger partial charge on any atom is -0.347 e. The summed E-state index contributed by atoms with van der Waals surface area (Å²) in [5.74, 6) is 0.641. The van der Waals surface area contributed by atoms with Crippen LogP contribution >= 0.6 is 0 Å². The van der Waals surface area contributed by atoms with Crippen molar-refractivity contribution in [3.05, 3.63) is 18.2 Å². The van der Waals surface area contributed by atoms with Crippen molar-refractivity contribution >= 4 is 10.0 Å². The topological polar surface area (TPSA) is 86.9 Å². The average molecular weight is 258 g/mol. The van der Waals surface area contributed by atoms with Crippen molar-refractivity contribution in [3.8, 4) is 0 Å². The van der Waals surface area contributed by atoms with Gasteiger partial charge in [-0.15, -0.1) is 0 Å². The first kappa shape index (κ1) is 12.5. The van der Waals surface area contributed by atoms with E-state index < -0.39 is 10.0 Å². The van der Waals surface area contributed by atoms with Gasteiger partial charge in [-0.1, -0.05) is 0 Å². The Hall–Kier alpha value is -0.920. The van der Waals surface area contributed by atoms with Crippen molar-refractivity contribution in [1.29, 1.82) is 0 Å². The summed E-state index contributed by atoms with van der Waals surface area (Å²) in [7, 11) is -3.26. The number of nitrogens with one attached hydrogen (secondary N) is 3. The zero-order valence-corrected chi connectivity index (χ0v) is 10.6. The molecule has 0 aliphatic carbocycles. The van der Waals surface area contributed by atoms with Crippen LogP contribution in [0.2, 0.25) is 0 Å². The SMILES string of the molecule is CC(NS(=O)(=O)C1CCNCC1)c1ncc[nH]1. The first-order valence-electron chi connectivity index (χ1n) is 5.81. The Morgan fingerprint density at radius 3 is 2.76 bits per heavy atom. The molecule has 1 aliphatic heterocycles. The van der Waals surface area contributed by atoms with Crippen molar-refractivity contribution < 1.29 is 8.42 Å². The highest BCUT2D eigenvalue weighted by atomic mass is 32.2. The molecule has 1 aliphatic rings. The molecule has 7 heteroatoms. The molecule has 1 atom stereocenters. The lowest BCUT2D eigenvalue weighted by Gasteiger charge is -2.24. The van der Waals surface area contributed by atoms with Gasteiger partial charge in [0.15, 0.2) is 0 Å². The van der Waals surface area contributed by atoms with Gasteiger partial charge in [-0.25, -0.2) is 18.1 Å². The van der Waals surface area contributed by atoms with Gasteiger partial charge in [0, 0.05) is 12.4 Å². The van der Waals surface area contributed by atoms with E-state index in [0.717, 1.165) is 13.1 Å². The van der Waals surface area contributed by atoms with Crippen LogP contribution in [-0.2, 0) is 10.0 Å². The van der Waals surface area contributed by atoms with E-state index in [1.54, 1.807) is 19.3 Å². The minimum absolute atomic E-state index is 0.291. The fourth-order valence-corrected chi connectivity index (χ4v) is 3.67. The Bertz CT molecular complexity index is 437. The van der Waals surface area contributed by atoms with E-state index >= 15 is 0 Å². The third-order valence-corrected chi connectivity index (χ3v) is 5.03. The van der Waals surface area contributed by atoms with E-state index in [2.05, 4.69) is 20.0 Å². The molecule has 1 fully saturated rings. The number of hydrogen-bond donors (Lipinski definition) is 3. The Balaban J connectivity index is 2.01. The van der Waals surface area contributed by atoms with E-state index in [1.165, 1.54) is 0 Å². The van der Waals surface area contributed by atoms with Crippen molar-refractivity contribution in [2.24, 2.45) is 0 Å². The highest BCUT2D eigenvalue weighted by Crippen LogP contribution is 2.15. The molecule has 2 heterocycles. The van der Waals surface area contributed by atoms with Gasteiger partial charge in [0.1, 0.15) is 5.82 Å². The first-order valence-corrected chi connectivity index (χ1v) is 7.35. The lowest BCUT2D eigenvalue weighted by atomic mass is 10.2. The van der Waals surface area contributed by atoms with Gasteiger partial charge in [0.25, 0.3) is 0 Å². The van der Waals surface area contributed by atoms with Crippen molar-refractivity contribution in [2.75, 3.05) is 13.1 Å². The molecule has 0 spiro atoms. The second-order valence-electron chi connectivity index (χ2n) is 4.31. The number of aromatic nitrogens is 2. The molecule has 1 saturated heterocycles. The summed E-state index contributed by atoms with van der Waals surface area (Å²) in [4.78, 5) is 6.96. The average Bonchev–Trinajstić information content (AvgIpc) is 2.83. The Morgan fingerprint density at radius 2 is 2.18 bits per heavy atom. The van der Waals surface area contributed by atoms with E-state index in [0.29, 0.717) is 18.7 Å². The molecule has 6 nitrogen and oxygen atoms in total. The summed E-state index contributed by atoms with van der Waals surface area (Å²) in [5, 5.41) is 2.87. The summed E-state index contributed by atoms with van der Waals surface area (Å²) >= 11 is 0. The summed E-state index contributed by atoms with van der Waals surface area (Å²) in [6, 6.07) is -0.315. The molecule has 0 saturated carbocycles.